The SMILES string of the molecule is COc1ccc(NC(=O)CCOc2cccc(Br)c2)cc1S(=O)(=O)N1CCOCC1. The Morgan fingerprint density at radius 3 is 2.67 bits per heavy atom. The summed E-state index contributed by atoms with van der Waals surface area (Å²) in [5.41, 5.74) is 0.370. The van der Waals surface area contributed by atoms with Crippen LogP contribution in [0.3, 0.4) is 0 Å². The molecule has 2 aromatic carbocycles. The molecule has 0 bridgehead atoms. The molecule has 1 amide bonds. The first-order chi connectivity index (χ1) is 14.4. The molecule has 2 aromatic rings. The number of carbonyl (C=O) groups excluding carboxylic acids is 1. The van der Waals surface area contributed by atoms with Gasteiger partial charge >= 0.3 is 0 Å². The van der Waals surface area contributed by atoms with Gasteiger partial charge in [0.2, 0.25) is 15.9 Å². The van der Waals surface area contributed by atoms with Gasteiger partial charge in [-0.2, -0.15) is 4.31 Å². The number of rotatable bonds is 8. The van der Waals surface area contributed by atoms with Gasteiger partial charge in [-0.3, -0.25) is 4.79 Å². The number of hydrogen-bond donors (Lipinski definition) is 1. The molecule has 0 aliphatic carbocycles. The molecule has 1 aliphatic rings. The average Bonchev–Trinajstić information content (AvgIpc) is 2.74. The van der Waals surface area contributed by atoms with Crippen LogP contribution < -0.4 is 14.8 Å². The largest absolute Gasteiger partial charge is 0.495 e. The van der Waals surface area contributed by atoms with Gasteiger partial charge in [0.25, 0.3) is 0 Å². The van der Waals surface area contributed by atoms with Crippen molar-refractivity contribution >= 4 is 37.5 Å². The molecule has 0 atom stereocenters. The smallest absolute Gasteiger partial charge is 0.246 e. The van der Waals surface area contributed by atoms with Crippen molar-refractivity contribution < 1.29 is 27.4 Å². The predicted molar refractivity (Wildman–Crippen MR) is 115 cm³/mol. The first-order valence-electron chi connectivity index (χ1n) is 9.34. The van der Waals surface area contributed by atoms with Crippen LogP contribution in [0.5, 0.6) is 11.5 Å². The van der Waals surface area contributed by atoms with Crippen LogP contribution in [0, 0.1) is 0 Å². The van der Waals surface area contributed by atoms with Gasteiger partial charge in [0.15, 0.2) is 0 Å². The third-order valence-electron chi connectivity index (χ3n) is 4.43. The van der Waals surface area contributed by atoms with Gasteiger partial charge in [-0.15, -0.1) is 0 Å². The summed E-state index contributed by atoms with van der Waals surface area (Å²) >= 11 is 3.36. The molecule has 30 heavy (non-hydrogen) atoms. The van der Waals surface area contributed by atoms with Gasteiger partial charge < -0.3 is 19.5 Å². The van der Waals surface area contributed by atoms with E-state index in [1.165, 1.54) is 23.5 Å². The van der Waals surface area contributed by atoms with Gasteiger partial charge in [-0.25, -0.2) is 8.42 Å². The molecular weight excluding hydrogens is 476 g/mol. The summed E-state index contributed by atoms with van der Waals surface area (Å²) in [6, 6.07) is 11.9. The number of carbonyl (C=O) groups is 1. The van der Waals surface area contributed by atoms with E-state index < -0.39 is 10.0 Å². The number of nitrogens with one attached hydrogen (secondary N) is 1. The summed E-state index contributed by atoms with van der Waals surface area (Å²) in [4.78, 5) is 12.3. The summed E-state index contributed by atoms with van der Waals surface area (Å²) in [6.45, 7) is 1.42. The number of ether oxygens (including phenoxy) is 3. The van der Waals surface area contributed by atoms with Crippen LogP contribution in [0.15, 0.2) is 51.8 Å². The molecule has 0 radical (unpaired) electrons. The first-order valence-corrected chi connectivity index (χ1v) is 11.6. The summed E-state index contributed by atoms with van der Waals surface area (Å²) in [5.74, 6) is 0.586. The Hall–Kier alpha value is -2.14. The highest BCUT2D eigenvalue weighted by molar-refractivity contribution is 9.10. The maximum absolute atomic E-state index is 13.0. The molecular formula is C20H23BrN2O6S. The fourth-order valence-corrected chi connectivity index (χ4v) is 4.89. The molecule has 0 saturated carbocycles. The lowest BCUT2D eigenvalue weighted by atomic mass is 10.3. The second-order valence-corrected chi connectivity index (χ2v) is 9.31. The topological polar surface area (TPSA) is 94.2 Å². The molecule has 8 nitrogen and oxygen atoms in total. The lowest BCUT2D eigenvalue weighted by Crippen LogP contribution is -2.40. The zero-order valence-electron chi connectivity index (χ0n) is 16.5. The molecule has 3 rings (SSSR count). The molecule has 1 saturated heterocycles. The van der Waals surface area contributed by atoms with Crippen molar-refractivity contribution in [2.75, 3.05) is 45.3 Å². The zero-order chi connectivity index (χ0) is 21.6. The number of benzene rings is 2. The Bertz CT molecular complexity index is 993. The van der Waals surface area contributed by atoms with E-state index in [0.29, 0.717) is 24.7 Å². The second-order valence-electron chi connectivity index (χ2n) is 6.49. The van der Waals surface area contributed by atoms with Gasteiger partial charge in [0.05, 0.1) is 33.4 Å². The summed E-state index contributed by atoms with van der Waals surface area (Å²) in [5, 5.41) is 2.71. The molecule has 10 heteroatoms. The maximum Gasteiger partial charge on any atom is 0.246 e. The third kappa shape index (κ3) is 5.72. The lowest BCUT2D eigenvalue weighted by Gasteiger charge is -2.26. The molecule has 1 N–H and O–H groups in total. The van der Waals surface area contributed by atoms with Crippen LogP contribution in [0.2, 0.25) is 0 Å². The Kier molecular flexibility index (Phi) is 7.70. The van der Waals surface area contributed by atoms with Crippen LogP contribution >= 0.6 is 15.9 Å². The number of sulfonamides is 1. The highest BCUT2D eigenvalue weighted by Crippen LogP contribution is 2.30. The van der Waals surface area contributed by atoms with E-state index in [0.717, 1.165) is 4.47 Å². The number of methoxy groups -OCH3 is 1. The number of nitrogens with zero attached hydrogens (tertiary/aromatic N) is 1. The number of morpholine rings is 1. The van der Waals surface area contributed by atoms with Crippen LogP contribution in [-0.2, 0) is 19.6 Å². The minimum Gasteiger partial charge on any atom is -0.495 e. The molecule has 162 valence electrons. The molecule has 1 heterocycles. The van der Waals surface area contributed by atoms with Crippen LogP contribution in [-0.4, -0.2) is 58.7 Å². The Morgan fingerprint density at radius 2 is 1.97 bits per heavy atom. The Morgan fingerprint density at radius 1 is 1.20 bits per heavy atom. The second kappa shape index (κ2) is 10.3. The highest BCUT2D eigenvalue weighted by atomic mass is 79.9. The van der Waals surface area contributed by atoms with E-state index in [9.17, 15) is 13.2 Å². The van der Waals surface area contributed by atoms with Crippen molar-refractivity contribution in [3.8, 4) is 11.5 Å². The molecule has 0 spiro atoms. The molecule has 1 fully saturated rings. The van der Waals surface area contributed by atoms with Crippen LogP contribution in [0.4, 0.5) is 5.69 Å². The lowest BCUT2D eigenvalue weighted by molar-refractivity contribution is -0.116. The minimum atomic E-state index is -3.77. The van der Waals surface area contributed by atoms with Crippen molar-refractivity contribution in [1.82, 2.24) is 4.31 Å². The van der Waals surface area contributed by atoms with Crippen molar-refractivity contribution in [1.29, 1.82) is 0 Å². The van der Waals surface area contributed by atoms with E-state index in [-0.39, 0.29) is 42.7 Å². The predicted octanol–water partition coefficient (Wildman–Crippen LogP) is 2.89. The van der Waals surface area contributed by atoms with Gasteiger partial charge in [0, 0.05) is 23.2 Å². The van der Waals surface area contributed by atoms with Crippen LogP contribution in [0.1, 0.15) is 6.42 Å². The van der Waals surface area contributed by atoms with Gasteiger partial charge in [-0.05, 0) is 36.4 Å². The minimum absolute atomic E-state index is 0.00934. The highest BCUT2D eigenvalue weighted by Gasteiger charge is 2.29. The number of amides is 1. The quantitative estimate of drug-likeness (QED) is 0.601. The monoisotopic (exact) mass is 498 g/mol. The van der Waals surface area contributed by atoms with E-state index in [1.807, 2.05) is 18.2 Å². The van der Waals surface area contributed by atoms with E-state index in [2.05, 4.69) is 21.2 Å². The standard InChI is InChI=1S/C20H23BrN2O6S/c1-27-18-6-5-16(14-19(18)30(25,26)23-8-11-28-12-9-23)22-20(24)7-10-29-17-4-2-3-15(21)13-17/h2-6,13-14H,7-12H2,1H3,(H,22,24). The number of hydrogen-bond acceptors (Lipinski definition) is 6. The number of halogens is 1. The molecule has 0 unspecified atom stereocenters. The van der Waals surface area contributed by atoms with Crippen molar-refractivity contribution in [2.45, 2.75) is 11.3 Å². The third-order valence-corrected chi connectivity index (χ3v) is 6.84. The Balaban J connectivity index is 1.66. The van der Waals surface area contributed by atoms with E-state index in [1.54, 1.807) is 12.1 Å². The van der Waals surface area contributed by atoms with Crippen molar-refractivity contribution in [3.05, 3.63) is 46.9 Å². The summed E-state index contributed by atoms with van der Waals surface area (Å²) in [7, 11) is -2.36. The van der Waals surface area contributed by atoms with Gasteiger partial charge in [-0.1, -0.05) is 22.0 Å². The van der Waals surface area contributed by atoms with Crippen molar-refractivity contribution in [3.63, 3.8) is 0 Å². The van der Waals surface area contributed by atoms with Crippen molar-refractivity contribution in [2.24, 2.45) is 0 Å². The zero-order valence-corrected chi connectivity index (χ0v) is 18.9. The molecule has 0 aromatic heterocycles. The average molecular weight is 499 g/mol. The summed E-state index contributed by atoms with van der Waals surface area (Å²) < 4.78 is 44.3. The fraction of sp³-hybridized carbons (Fsp3) is 0.350. The van der Waals surface area contributed by atoms with Gasteiger partial charge in [0.1, 0.15) is 16.4 Å². The Labute approximate surface area is 184 Å². The summed E-state index contributed by atoms with van der Waals surface area (Å²) in [6.07, 6.45) is 0.115. The van der Waals surface area contributed by atoms with E-state index in [4.69, 9.17) is 14.2 Å². The maximum atomic E-state index is 13.0. The molecule has 1 aliphatic heterocycles. The number of anilines is 1. The fourth-order valence-electron chi connectivity index (χ4n) is 2.92. The van der Waals surface area contributed by atoms with Crippen LogP contribution in [0.25, 0.3) is 0 Å². The first kappa shape index (κ1) is 22.5. The van der Waals surface area contributed by atoms with E-state index >= 15 is 0 Å². The normalized spacial score (nSPS) is 14.9.